The minimum Gasteiger partial charge on any atom is -0.256 e. The van der Waals surface area contributed by atoms with Gasteiger partial charge in [-0.25, -0.2) is 4.39 Å². The fraction of sp³-hybridized carbons (Fsp3) is 0.154. The summed E-state index contributed by atoms with van der Waals surface area (Å²) in [6.07, 6.45) is 1.69. The molecule has 2 rings (SSSR count). The van der Waals surface area contributed by atoms with Gasteiger partial charge in [-0.2, -0.15) is 0 Å². The van der Waals surface area contributed by atoms with Crippen molar-refractivity contribution in [1.29, 1.82) is 0 Å². The number of halogens is 2. The van der Waals surface area contributed by atoms with Crippen molar-refractivity contribution in [2.24, 2.45) is 0 Å². The van der Waals surface area contributed by atoms with E-state index in [9.17, 15) is 4.39 Å². The average Bonchev–Trinajstić information content (AvgIpc) is 2.36. The molecule has 0 N–H and O–H groups in total. The summed E-state index contributed by atoms with van der Waals surface area (Å²) in [7, 11) is 0. The van der Waals surface area contributed by atoms with Crippen LogP contribution in [0.3, 0.4) is 0 Å². The molecule has 84 valence electrons. The lowest BCUT2D eigenvalue weighted by Crippen LogP contribution is -1.83. The zero-order chi connectivity index (χ0) is 12.0. The molecule has 2 aromatic rings. The lowest BCUT2D eigenvalue weighted by atomic mass is 10.1. The van der Waals surface area contributed by atoms with Gasteiger partial charge < -0.3 is 0 Å². The first-order chi connectivity index (χ1) is 7.77. The Bertz CT molecular complexity index is 443. The van der Waals surface area contributed by atoms with E-state index in [-0.39, 0.29) is 5.02 Å². The van der Waals surface area contributed by atoms with Gasteiger partial charge in [-0.15, -0.1) is 0 Å². The number of hydrogen-bond acceptors (Lipinski definition) is 1. The van der Waals surface area contributed by atoms with Gasteiger partial charge in [-0.3, -0.25) is 4.98 Å². The molecule has 0 saturated heterocycles. The molecule has 1 aromatic heterocycles. The third kappa shape index (κ3) is 3.04. The van der Waals surface area contributed by atoms with Gasteiger partial charge in [0.15, 0.2) is 0 Å². The third-order valence-corrected chi connectivity index (χ3v) is 2.17. The van der Waals surface area contributed by atoms with Gasteiger partial charge in [0.25, 0.3) is 0 Å². The van der Waals surface area contributed by atoms with Crippen LogP contribution in [-0.4, -0.2) is 4.98 Å². The van der Waals surface area contributed by atoms with Gasteiger partial charge in [0, 0.05) is 11.8 Å². The third-order valence-electron chi connectivity index (χ3n) is 1.88. The van der Waals surface area contributed by atoms with Crippen molar-refractivity contribution in [3.05, 3.63) is 53.4 Å². The maximum Gasteiger partial charge on any atom is 0.141 e. The fourth-order valence-electron chi connectivity index (χ4n) is 1.19. The van der Waals surface area contributed by atoms with Crippen LogP contribution < -0.4 is 0 Å². The Morgan fingerprint density at radius 1 is 1.12 bits per heavy atom. The van der Waals surface area contributed by atoms with Crippen LogP contribution in [0.4, 0.5) is 4.39 Å². The summed E-state index contributed by atoms with van der Waals surface area (Å²) in [6.45, 7) is 4.00. The van der Waals surface area contributed by atoms with Crippen LogP contribution in [0.25, 0.3) is 11.3 Å². The molecule has 0 aliphatic rings. The zero-order valence-electron chi connectivity index (χ0n) is 9.24. The average molecular weight is 238 g/mol. The molecule has 0 saturated carbocycles. The normalized spacial score (nSPS) is 9.25. The second-order valence-electron chi connectivity index (χ2n) is 2.84. The molecule has 0 aliphatic heterocycles. The molecule has 1 heterocycles. The highest BCUT2D eigenvalue weighted by atomic mass is 35.5. The Labute approximate surface area is 99.9 Å². The summed E-state index contributed by atoms with van der Waals surface area (Å²) in [6, 6.07) is 10.1. The van der Waals surface area contributed by atoms with Crippen molar-refractivity contribution in [2.75, 3.05) is 0 Å². The van der Waals surface area contributed by atoms with E-state index >= 15 is 0 Å². The molecule has 3 heteroatoms. The summed E-state index contributed by atoms with van der Waals surface area (Å²) in [4.78, 5) is 4.14. The lowest BCUT2D eigenvalue weighted by molar-refractivity contribution is 0.628. The maximum absolute atomic E-state index is 12.9. The van der Waals surface area contributed by atoms with E-state index in [0.29, 0.717) is 0 Å². The minimum absolute atomic E-state index is 0.119. The quantitative estimate of drug-likeness (QED) is 0.708. The smallest absolute Gasteiger partial charge is 0.141 e. The topological polar surface area (TPSA) is 12.9 Å². The number of nitrogens with zero attached hydrogens (tertiary/aromatic N) is 1. The van der Waals surface area contributed by atoms with Gasteiger partial charge >= 0.3 is 0 Å². The van der Waals surface area contributed by atoms with Crippen LogP contribution in [0.5, 0.6) is 0 Å². The molecule has 0 aliphatic carbocycles. The second-order valence-corrected chi connectivity index (χ2v) is 3.25. The molecule has 0 fully saturated rings. The predicted octanol–water partition coefficient (Wildman–Crippen LogP) is 4.57. The molecule has 0 unspecified atom stereocenters. The second kappa shape index (κ2) is 6.23. The Kier molecular flexibility index (Phi) is 4.93. The van der Waals surface area contributed by atoms with Gasteiger partial charge in [0.05, 0.1) is 10.7 Å². The maximum atomic E-state index is 12.9. The highest BCUT2D eigenvalue weighted by Gasteiger charge is 2.02. The van der Waals surface area contributed by atoms with E-state index in [4.69, 9.17) is 11.6 Å². The molecule has 1 nitrogen and oxygen atoms in total. The molecule has 0 bridgehead atoms. The monoisotopic (exact) mass is 237 g/mol. The van der Waals surface area contributed by atoms with Crippen LogP contribution in [-0.2, 0) is 0 Å². The largest absolute Gasteiger partial charge is 0.256 e. The molecule has 0 atom stereocenters. The minimum atomic E-state index is -0.411. The van der Waals surface area contributed by atoms with Crippen LogP contribution in [0.15, 0.2) is 42.6 Å². The first-order valence-corrected chi connectivity index (χ1v) is 5.51. The van der Waals surface area contributed by atoms with E-state index in [1.54, 1.807) is 18.3 Å². The Balaban J connectivity index is 0.000000606. The van der Waals surface area contributed by atoms with Crippen LogP contribution in [0.1, 0.15) is 13.8 Å². The standard InChI is InChI=1S/C11H7ClFN.C2H6/c12-9-7-8(4-5-10(9)13)11-3-1-2-6-14-11;1-2/h1-7H;1-2H3. The van der Waals surface area contributed by atoms with E-state index in [1.165, 1.54) is 6.07 Å². The van der Waals surface area contributed by atoms with Crippen LogP contribution >= 0.6 is 11.6 Å². The molecular formula is C13H13ClFN. The van der Waals surface area contributed by atoms with Gasteiger partial charge in [-0.05, 0) is 30.3 Å². The number of benzene rings is 1. The fourth-order valence-corrected chi connectivity index (χ4v) is 1.37. The van der Waals surface area contributed by atoms with Crippen molar-refractivity contribution >= 4 is 11.6 Å². The summed E-state index contributed by atoms with van der Waals surface area (Å²) >= 11 is 5.66. The predicted molar refractivity (Wildman–Crippen MR) is 66.0 cm³/mol. The van der Waals surface area contributed by atoms with E-state index in [1.807, 2.05) is 32.0 Å². The number of rotatable bonds is 1. The van der Waals surface area contributed by atoms with E-state index in [2.05, 4.69) is 4.98 Å². The first kappa shape index (κ1) is 12.7. The zero-order valence-corrected chi connectivity index (χ0v) is 10.0. The van der Waals surface area contributed by atoms with Crippen molar-refractivity contribution < 1.29 is 4.39 Å². The Hall–Kier alpha value is -1.41. The SMILES string of the molecule is CC.Fc1ccc(-c2ccccn2)cc1Cl. The number of aromatic nitrogens is 1. The summed E-state index contributed by atoms with van der Waals surface area (Å²) < 4.78 is 12.9. The number of hydrogen-bond donors (Lipinski definition) is 0. The molecule has 16 heavy (non-hydrogen) atoms. The van der Waals surface area contributed by atoms with Crippen LogP contribution in [0, 0.1) is 5.82 Å². The van der Waals surface area contributed by atoms with Crippen molar-refractivity contribution in [3.8, 4) is 11.3 Å². The van der Waals surface area contributed by atoms with E-state index < -0.39 is 5.82 Å². The lowest BCUT2D eigenvalue weighted by Gasteiger charge is -2.00. The van der Waals surface area contributed by atoms with E-state index in [0.717, 1.165) is 11.3 Å². The summed E-state index contributed by atoms with van der Waals surface area (Å²) in [5.41, 5.74) is 1.60. The Morgan fingerprint density at radius 2 is 1.88 bits per heavy atom. The summed E-state index contributed by atoms with van der Waals surface area (Å²) in [5, 5.41) is 0.119. The molecule has 0 amide bonds. The van der Waals surface area contributed by atoms with Crippen LogP contribution in [0.2, 0.25) is 5.02 Å². The van der Waals surface area contributed by atoms with Gasteiger partial charge in [0.2, 0.25) is 0 Å². The molecule has 0 radical (unpaired) electrons. The van der Waals surface area contributed by atoms with Crippen molar-refractivity contribution in [3.63, 3.8) is 0 Å². The first-order valence-electron chi connectivity index (χ1n) is 5.14. The van der Waals surface area contributed by atoms with Crippen molar-refractivity contribution in [1.82, 2.24) is 4.98 Å². The highest BCUT2D eigenvalue weighted by molar-refractivity contribution is 6.31. The molecular weight excluding hydrogens is 225 g/mol. The van der Waals surface area contributed by atoms with Gasteiger partial charge in [-0.1, -0.05) is 31.5 Å². The molecule has 0 spiro atoms. The Morgan fingerprint density at radius 3 is 2.44 bits per heavy atom. The highest BCUT2D eigenvalue weighted by Crippen LogP contribution is 2.22. The van der Waals surface area contributed by atoms with Gasteiger partial charge in [0.1, 0.15) is 5.82 Å². The molecule has 1 aromatic carbocycles. The summed E-state index contributed by atoms with van der Waals surface area (Å²) in [5.74, 6) is -0.411. The van der Waals surface area contributed by atoms with Crippen molar-refractivity contribution in [2.45, 2.75) is 13.8 Å². The number of pyridine rings is 1.